The van der Waals surface area contributed by atoms with Gasteiger partial charge in [-0.25, -0.2) is 0 Å². The van der Waals surface area contributed by atoms with Gasteiger partial charge in [-0.1, -0.05) is 16.2 Å². The molecule has 1 atom stereocenters. The van der Waals surface area contributed by atoms with Gasteiger partial charge in [-0.3, -0.25) is 4.79 Å². The third-order valence-corrected chi connectivity index (χ3v) is 6.28. The highest BCUT2D eigenvalue weighted by molar-refractivity contribution is 7.62. The Morgan fingerprint density at radius 2 is 2.04 bits per heavy atom. The van der Waals surface area contributed by atoms with Crippen molar-refractivity contribution < 1.29 is 9.36 Å². The third kappa shape index (κ3) is 3.50. The lowest BCUT2D eigenvalue weighted by Gasteiger charge is -2.04. The molecular weight excluding hydrogens is 381 g/mol. The smallest absolute Gasteiger partial charge is 0.364 e. The SMILES string of the molecule is Cc1cc([P+](=O)c2c(C(N)=O)[nH]c3ccc(Cl)cc23)cc(C=CC#N)c1C. The van der Waals surface area contributed by atoms with Gasteiger partial charge < -0.3 is 10.7 Å². The number of aryl methyl sites for hydroxylation is 1. The Morgan fingerprint density at radius 3 is 2.70 bits per heavy atom. The zero-order valence-corrected chi connectivity index (χ0v) is 16.4. The number of fused-ring (bicyclic) bond motifs is 1. The lowest BCUT2D eigenvalue weighted by Crippen LogP contribution is -2.21. The van der Waals surface area contributed by atoms with Gasteiger partial charge in [0.2, 0.25) is 5.30 Å². The number of allylic oxidation sites excluding steroid dienone is 1. The molecule has 0 aliphatic carbocycles. The largest absolute Gasteiger partial charge is 0.418 e. The summed E-state index contributed by atoms with van der Waals surface area (Å²) in [5.41, 5.74) is 8.98. The molecule has 3 aromatic rings. The average Bonchev–Trinajstić information content (AvgIpc) is 3.01. The summed E-state index contributed by atoms with van der Waals surface area (Å²) < 4.78 is 13.4. The van der Waals surface area contributed by atoms with Crippen LogP contribution in [0.5, 0.6) is 0 Å². The Morgan fingerprint density at radius 1 is 1.30 bits per heavy atom. The fraction of sp³-hybridized carbons (Fsp3) is 0.100. The summed E-state index contributed by atoms with van der Waals surface area (Å²) in [6, 6.07) is 10.6. The van der Waals surface area contributed by atoms with E-state index in [9.17, 15) is 9.36 Å². The van der Waals surface area contributed by atoms with Crippen LogP contribution in [0.15, 0.2) is 36.4 Å². The Bertz CT molecular complexity index is 1170. The molecule has 2 aromatic carbocycles. The monoisotopic (exact) mass is 396 g/mol. The number of nitrogens with zero attached hydrogens (tertiary/aromatic N) is 1. The standard InChI is InChI=1S/C20H15ClN3O2P/c1-11-8-15(9-13(12(11)2)4-3-7-22)27(26)19-16-10-14(21)5-6-17(16)24-18(19)20(23)25/h3-6,8-10H,1-2H3,(H2-,23,24,25,26)/p+1. The lowest BCUT2D eigenvalue weighted by atomic mass is 10.0. The number of nitrogens with one attached hydrogen (secondary N) is 1. The molecule has 0 saturated carbocycles. The molecular formula is C20H16ClN3O2P+. The van der Waals surface area contributed by atoms with Crippen molar-refractivity contribution in [3.63, 3.8) is 0 Å². The van der Waals surface area contributed by atoms with Gasteiger partial charge in [-0.05, 0) is 66.9 Å². The molecule has 134 valence electrons. The van der Waals surface area contributed by atoms with E-state index in [0.717, 1.165) is 16.7 Å². The Hall–Kier alpha value is -2.93. The summed E-state index contributed by atoms with van der Waals surface area (Å²) in [6.45, 7) is 3.84. The molecule has 5 nitrogen and oxygen atoms in total. The van der Waals surface area contributed by atoms with E-state index in [2.05, 4.69) is 4.98 Å². The van der Waals surface area contributed by atoms with Crippen molar-refractivity contribution in [3.05, 3.63) is 63.8 Å². The van der Waals surface area contributed by atoms with Crippen LogP contribution in [-0.4, -0.2) is 10.9 Å². The first-order chi connectivity index (χ1) is 12.8. The van der Waals surface area contributed by atoms with Gasteiger partial charge in [0.1, 0.15) is 0 Å². The quantitative estimate of drug-likeness (QED) is 0.517. The van der Waals surface area contributed by atoms with Crippen LogP contribution in [0.4, 0.5) is 0 Å². The topological polar surface area (TPSA) is 99.7 Å². The maximum atomic E-state index is 13.4. The predicted molar refractivity (Wildman–Crippen MR) is 109 cm³/mol. The molecule has 0 saturated heterocycles. The molecule has 0 bridgehead atoms. The molecule has 0 spiro atoms. The van der Waals surface area contributed by atoms with Crippen LogP contribution in [0.1, 0.15) is 27.2 Å². The van der Waals surface area contributed by atoms with E-state index in [4.69, 9.17) is 22.6 Å². The molecule has 1 heterocycles. The van der Waals surface area contributed by atoms with E-state index in [1.807, 2.05) is 26.0 Å². The highest BCUT2D eigenvalue weighted by Crippen LogP contribution is 2.31. The minimum absolute atomic E-state index is 0.112. The zero-order chi connectivity index (χ0) is 19.7. The average molecular weight is 397 g/mol. The fourth-order valence-corrected chi connectivity index (χ4v) is 4.72. The second-order valence-electron chi connectivity index (χ2n) is 6.14. The Kier molecular flexibility index (Phi) is 5.14. The number of primary amides is 1. The van der Waals surface area contributed by atoms with Crippen molar-refractivity contribution in [2.75, 3.05) is 0 Å². The lowest BCUT2D eigenvalue weighted by molar-refractivity contribution is 0.0997. The zero-order valence-electron chi connectivity index (χ0n) is 14.7. The molecule has 1 amide bonds. The number of aromatic amines is 1. The van der Waals surface area contributed by atoms with Gasteiger partial charge in [0, 0.05) is 11.1 Å². The molecule has 7 heteroatoms. The van der Waals surface area contributed by atoms with Gasteiger partial charge >= 0.3 is 7.80 Å². The predicted octanol–water partition coefficient (Wildman–Crippen LogP) is 3.85. The van der Waals surface area contributed by atoms with Gasteiger partial charge in [0.25, 0.3) is 5.91 Å². The van der Waals surface area contributed by atoms with Gasteiger partial charge in [0.15, 0.2) is 11.0 Å². The van der Waals surface area contributed by atoms with Crippen LogP contribution >= 0.6 is 19.4 Å². The fourth-order valence-electron chi connectivity index (χ4n) is 2.95. The van der Waals surface area contributed by atoms with Crippen molar-refractivity contribution in [1.29, 1.82) is 5.26 Å². The maximum absolute atomic E-state index is 13.4. The second-order valence-corrected chi connectivity index (χ2v) is 8.13. The first-order valence-electron chi connectivity index (χ1n) is 8.09. The van der Waals surface area contributed by atoms with Crippen molar-refractivity contribution in [1.82, 2.24) is 4.98 Å². The molecule has 27 heavy (non-hydrogen) atoms. The van der Waals surface area contributed by atoms with Gasteiger partial charge in [-0.2, -0.15) is 5.26 Å². The van der Waals surface area contributed by atoms with Crippen LogP contribution in [-0.2, 0) is 4.57 Å². The number of rotatable bonds is 4. The van der Waals surface area contributed by atoms with Crippen molar-refractivity contribution in [2.45, 2.75) is 13.8 Å². The van der Waals surface area contributed by atoms with Crippen LogP contribution in [0.2, 0.25) is 5.02 Å². The summed E-state index contributed by atoms with van der Waals surface area (Å²) in [4.78, 5) is 14.9. The van der Waals surface area contributed by atoms with E-state index < -0.39 is 13.7 Å². The number of halogens is 1. The van der Waals surface area contributed by atoms with Crippen LogP contribution in [0, 0.1) is 25.2 Å². The van der Waals surface area contributed by atoms with Crippen molar-refractivity contribution >= 4 is 52.9 Å². The maximum Gasteiger partial charge on any atom is 0.418 e. The first-order valence-corrected chi connectivity index (χ1v) is 9.73. The number of carbonyl (C=O) groups excluding carboxylic acids is 1. The Labute approximate surface area is 162 Å². The number of benzene rings is 2. The van der Waals surface area contributed by atoms with E-state index >= 15 is 0 Å². The van der Waals surface area contributed by atoms with E-state index in [0.29, 0.717) is 26.5 Å². The molecule has 1 aromatic heterocycles. The highest BCUT2D eigenvalue weighted by atomic mass is 35.5. The summed E-state index contributed by atoms with van der Waals surface area (Å²) in [5, 5.41) is 10.8. The van der Waals surface area contributed by atoms with Gasteiger partial charge in [-0.15, -0.1) is 0 Å². The van der Waals surface area contributed by atoms with Gasteiger partial charge in [0.05, 0.1) is 17.0 Å². The number of hydrogen-bond donors (Lipinski definition) is 2. The number of aromatic nitrogens is 1. The van der Waals surface area contributed by atoms with Crippen LogP contribution in [0.3, 0.4) is 0 Å². The summed E-state index contributed by atoms with van der Waals surface area (Å²) >= 11 is 6.09. The summed E-state index contributed by atoms with van der Waals surface area (Å²) in [5.74, 6) is -0.686. The number of H-pyrrole nitrogens is 1. The number of hydrogen-bond acceptors (Lipinski definition) is 3. The minimum Gasteiger partial charge on any atom is -0.364 e. The summed E-state index contributed by atoms with van der Waals surface area (Å²) in [6.07, 6.45) is 3.05. The molecule has 3 rings (SSSR count). The number of nitriles is 1. The third-order valence-electron chi connectivity index (χ3n) is 4.45. The van der Waals surface area contributed by atoms with E-state index in [-0.39, 0.29) is 5.69 Å². The van der Waals surface area contributed by atoms with Crippen LogP contribution in [0.25, 0.3) is 17.0 Å². The molecule has 1 unspecified atom stereocenters. The van der Waals surface area contributed by atoms with Crippen LogP contribution < -0.4 is 16.3 Å². The Balaban J connectivity index is 2.25. The highest BCUT2D eigenvalue weighted by Gasteiger charge is 2.34. The van der Waals surface area contributed by atoms with Crippen molar-refractivity contribution in [3.8, 4) is 6.07 Å². The summed E-state index contributed by atoms with van der Waals surface area (Å²) in [7, 11) is -2.12. The van der Waals surface area contributed by atoms with E-state index in [1.165, 1.54) is 6.08 Å². The molecule has 0 fully saturated rings. The van der Waals surface area contributed by atoms with E-state index in [1.54, 1.807) is 30.3 Å². The number of nitrogens with two attached hydrogens (primary N) is 1. The second kappa shape index (κ2) is 7.36. The first kappa shape index (κ1) is 18.8. The normalized spacial score (nSPS) is 11.7. The molecule has 0 radical (unpaired) electrons. The number of carbonyl (C=O) groups is 1. The minimum atomic E-state index is -2.12. The molecule has 0 aliphatic rings. The molecule has 0 aliphatic heterocycles. The van der Waals surface area contributed by atoms with Crippen molar-refractivity contribution in [2.24, 2.45) is 5.73 Å². The molecule has 3 N–H and O–H groups in total. The number of amides is 1.